The Morgan fingerprint density at radius 1 is 1.43 bits per heavy atom. The number of para-hydroxylation sites is 1. The number of carbonyl (C=O) groups excluding carboxylic acids is 1. The minimum Gasteiger partial charge on any atom is -0.481 e. The molecule has 1 unspecified atom stereocenters. The average molecular weight is 354 g/mol. The fourth-order valence-electron chi connectivity index (χ4n) is 1.76. The second-order valence-corrected chi connectivity index (χ2v) is 6.77. The van der Waals surface area contributed by atoms with Gasteiger partial charge in [0.05, 0.1) is 22.6 Å². The van der Waals surface area contributed by atoms with Gasteiger partial charge in [0, 0.05) is 5.75 Å². The highest BCUT2D eigenvalue weighted by molar-refractivity contribution is 8.01. The molecule has 124 valence electrons. The number of rotatable bonds is 8. The summed E-state index contributed by atoms with van der Waals surface area (Å²) < 4.78 is 6.83. The van der Waals surface area contributed by atoms with E-state index in [0.717, 1.165) is 14.6 Å². The van der Waals surface area contributed by atoms with Gasteiger partial charge < -0.3 is 16.0 Å². The van der Waals surface area contributed by atoms with Crippen LogP contribution in [0.25, 0.3) is 10.2 Å². The van der Waals surface area contributed by atoms with Gasteiger partial charge in [-0.25, -0.2) is 4.98 Å². The number of aromatic nitrogens is 1. The van der Waals surface area contributed by atoms with Gasteiger partial charge in [0.1, 0.15) is 6.61 Å². The molecule has 0 fully saturated rings. The predicted octanol–water partition coefficient (Wildman–Crippen LogP) is 3.37. The molecule has 0 aliphatic heterocycles. The first kappa shape index (κ1) is 19.1. The molecular formula is C15H18N2O4S2. The van der Waals surface area contributed by atoms with Crippen LogP contribution in [-0.2, 0) is 14.3 Å². The van der Waals surface area contributed by atoms with Gasteiger partial charge in [0.25, 0.3) is 0 Å². The number of carboxylic acids is 1. The van der Waals surface area contributed by atoms with Gasteiger partial charge in [-0.05, 0) is 12.1 Å². The van der Waals surface area contributed by atoms with E-state index in [9.17, 15) is 9.59 Å². The van der Waals surface area contributed by atoms with Crippen LogP contribution < -0.4 is 6.15 Å². The standard InChI is InChI=1S/C15H15NO4S2.H3N/c1-2-7-20-14(19)10(8-13(17)18)9-21-15-16-11-5-3-4-6-12(11)22-15;/h2-6,10H,1,7-9H2,(H,17,18);1H3. The Hall–Kier alpha value is -1.90. The summed E-state index contributed by atoms with van der Waals surface area (Å²) in [5, 5.41) is 8.92. The molecule has 1 atom stereocenters. The van der Waals surface area contributed by atoms with Crippen LogP contribution in [0.2, 0.25) is 0 Å². The molecule has 0 aliphatic carbocycles. The van der Waals surface area contributed by atoms with Crippen LogP contribution in [0.1, 0.15) is 6.42 Å². The molecule has 1 heterocycles. The Bertz CT molecular complexity index is 654. The van der Waals surface area contributed by atoms with Crippen LogP contribution in [0.15, 0.2) is 41.3 Å². The van der Waals surface area contributed by atoms with E-state index in [1.54, 1.807) is 0 Å². The lowest BCUT2D eigenvalue weighted by molar-refractivity contribution is -0.151. The van der Waals surface area contributed by atoms with Gasteiger partial charge in [-0.15, -0.1) is 11.3 Å². The lowest BCUT2D eigenvalue weighted by atomic mass is 10.1. The van der Waals surface area contributed by atoms with E-state index in [0.29, 0.717) is 5.75 Å². The van der Waals surface area contributed by atoms with Gasteiger partial charge in [0.15, 0.2) is 4.34 Å². The number of aliphatic carboxylic acids is 1. The third-order valence-corrected chi connectivity index (χ3v) is 5.12. The minimum atomic E-state index is -1.02. The van der Waals surface area contributed by atoms with Gasteiger partial charge in [0.2, 0.25) is 0 Å². The molecule has 0 amide bonds. The molecule has 6 nitrogen and oxygen atoms in total. The van der Waals surface area contributed by atoms with E-state index in [2.05, 4.69) is 11.6 Å². The number of fused-ring (bicyclic) bond motifs is 1. The SMILES string of the molecule is C=CCOC(=O)C(CSc1nc2ccccc2s1)CC(=O)O.N. The van der Waals surface area contributed by atoms with Crippen LogP contribution in [-0.4, -0.2) is 34.4 Å². The van der Waals surface area contributed by atoms with Crippen molar-refractivity contribution in [3.8, 4) is 0 Å². The zero-order valence-electron chi connectivity index (χ0n) is 12.4. The molecule has 2 rings (SSSR count). The van der Waals surface area contributed by atoms with Crippen molar-refractivity contribution in [1.82, 2.24) is 11.1 Å². The number of thioether (sulfide) groups is 1. The van der Waals surface area contributed by atoms with Crippen molar-refractivity contribution in [2.24, 2.45) is 5.92 Å². The Morgan fingerprint density at radius 3 is 2.83 bits per heavy atom. The smallest absolute Gasteiger partial charge is 0.310 e. The molecule has 0 aliphatic rings. The fraction of sp³-hybridized carbons (Fsp3) is 0.267. The number of nitrogens with zero attached hydrogens (tertiary/aromatic N) is 1. The molecule has 8 heteroatoms. The summed E-state index contributed by atoms with van der Waals surface area (Å²) in [5.74, 6) is -1.92. The lowest BCUT2D eigenvalue weighted by Gasteiger charge is -2.12. The number of thiazole rings is 1. The van der Waals surface area contributed by atoms with Crippen molar-refractivity contribution < 1.29 is 19.4 Å². The Morgan fingerprint density at radius 2 is 2.17 bits per heavy atom. The maximum Gasteiger partial charge on any atom is 0.310 e. The van der Waals surface area contributed by atoms with Gasteiger partial charge in [-0.3, -0.25) is 9.59 Å². The number of esters is 1. The van der Waals surface area contributed by atoms with Crippen LogP contribution in [0.4, 0.5) is 0 Å². The summed E-state index contributed by atoms with van der Waals surface area (Å²) in [6.07, 6.45) is 1.20. The lowest BCUT2D eigenvalue weighted by Crippen LogP contribution is -2.23. The summed E-state index contributed by atoms with van der Waals surface area (Å²) in [5.41, 5.74) is 0.902. The number of hydrogen-bond acceptors (Lipinski definition) is 7. The first-order valence-electron chi connectivity index (χ1n) is 6.58. The summed E-state index contributed by atoms with van der Waals surface area (Å²) >= 11 is 2.90. The Labute approximate surface area is 142 Å². The fourth-order valence-corrected chi connectivity index (χ4v) is 3.93. The van der Waals surface area contributed by atoms with Crippen molar-refractivity contribution in [2.75, 3.05) is 12.4 Å². The predicted molar refractivity (Wildman–Crippen MR) is 92.3 cm³/mol. The summed E-state index contributed by atoms with van der Waals surface area (Å²) in [6, 6.07) is 7.75. The molecule has 1 aromatic heterocycles. The molecule has 0 saturated carbocycles. The number of carbonyl (C=O) groups is 2. The summed E-state index contributed by atoms with van der Waals surface area (Å²) in [6.45, 7) is 3.55. The normalized spacial score (nSPS) is 11.5. The molecule has 0 spiro atoms. The highest BCUT2D eigenvalue weighted by Gasteiger charge is 2.24. The first-order chi connectivity index (χ1) is 10.6. The van der Waals surface area contributed by atoms with E-state index >= 15 is 0 Å². The molecule has 0 radical (unpaired) electrons. The van der Waals surface area contributed by atoms with Crippen molar-refractivity contribution in [2.45, 2.75) is 10.8 Å². The molecule has 0 saturated heterocycles. The first-order valence-corrected chi connectivity index (χ1v) is 8.38. The summed E-state index contributed by atoms with van der Waals surface area (Å²) in [7, 11) is 0. The number of benzene rings is 1. The van der Waals surface area contributed by atoms with E-state index < -0.39 is 17.9 Å². The largest absolute Gasteiger partial charge is 0.481 e. The van der Waals surface area contributed by atoms with E-state index in [4.69, 9.17) is 9.84 Å². The number of hydrogen-bond donors (Lipinski definition) is 2. The topological polar surface area (TPSA) is 111 Å². The maximum absolute atomic E-state index is 11.9. The van der Waals surface area contributed by atoms with Crippen LogP contribution >= 0.6 is 23.1 Å². The Balaban J connectivity index is 0.00000264. The molecule has 0 bridgehead atoms. The second kappa shape index (κ2) is 9.29. The van der Waals surface area contributed by atoms with Crippen molar-refractivity contribution >= 4 is 45.3 Å². The number of ether oxygens (including phenoxy) is 1. The van der Waals surface area contributed by atoms with Gasteiger partial charge in [-0.1, -0.05) is 36.5 Å². The van der Waals surface area contributed by atoms with Gasteiger partial charge in [-0.2, -0.15) is 0 Å². The zero-order valence-corrected chi connectivity index (χ0v) is 14.1. The average Bonchev–Trinajstić information content (AvgIpc) is 2.91. The maximum atomic E-state index is 11.9. The summed E-state index contributed by atoms with van der Waals surface area (Å²) in [4.78, 5) is 27.2. The third kappa shape index (κ3) is 5.66. The van der Waals surface area contributed by atoms with Crippen LogP contribution in [0.3, 0.4) is 0 Å². The van der Waals surface area contributed by atoms with Crippen LogP contribution in [0, 0.1) is 5.92 Å². The van der Waals surface area contributed by atoms with Crippen molar-refractivity contribution in [3.05, 3.63) is 36.9 Å². The van der Waals surface area contributed by atoms with E-state index in [1.807, 2.05) is 24.3 Å². The molecular weight excluding hydrogens is 336 g/mol. The Kier molecular flexibility index (Phi) is 7.73. The van der Waals surface area contributed by atoms with E-state index in [1.165, 1.54) is 29.2 Å². The monoisotopic (exact) mass is 354 g/mol. The second-order valence-electron chi connectivity index (χ2n) is 4.47. The quantitative estimate of drug-likeness (QED) is 0.424. The van der Waals surface area contributed by atoms with Crippen LogP contribution in [0.5, 0.6) is 0 Å². The van der Waals surface area contributed by atoms with Gasteiger partial charge >= 0.3 is 11.9 Å². The van der Waals surface area contributed by atoms with E-state index in [-0.39, 0.29) is 19.2 Å². The third-order valence-electron chi connectivity index (χ3n) is 2.78. The van der Waals surface area contributed by atoms with Crippen molar-refractivity contribution in [1.29, 1.82) is 0 Å². The molecule has 4 N–H and O–H groups in total. The zero-order chi connectivity index (χ0) is 15.9. The minimum absolute atomic E-state index is 0. The molecule has 2 aromatic rings. The highest BCUT2D eigenvalue weighted by atomic mass is 32.2. The van der Waals surface area contributed by atoms with Crippen molar-refractivity contribution in [3.63, 3.8) is 0 Å². The highest BCUT2D eigenvalue weighted by Crippen LogP contribution is 2.31. The molecule has 1 aromatic carbocycles. The number of carboxylic acid groups (broad SMARTS) is 1. The molecule has 23 heavy (non-hydrogen) atoms.